The van der Waals surface area contributed by atoms with Gasteiger partial charge in [-0.2, -0.15) is 0 Å². The van der Waals surface area contributed by atoms with Gasteiger partial charge in [-0.05, 0) is 36.8 Å². The van der Waals surface area contributed by atoms with E-state index in [1.165, 1.54) is 30.9 Å². The van der Waals surface area contributed by atoms with Gasteiger partial charge in [-0.3, -0.25) is 4.79 Å². The summed E-state index contributed by atoms with van der Waals surface area (Å²) >= 11 is 0. The summed E-state index contributed by atoms with van der Waals surface area (Å²) in [7, 11) is -0.511. The van der Waals surface area contributed by atoms with Gasteiger partial charge in [0.1, 0.15) is 0 Å². The van der Waals surface area contributed by atoms with E-state index < -0.39 is 10.0 Å². The highest BCUT2D eigenvalue weighted by Crippen LogP contribution is 2.14. The monoisotopic (exact) mass is 399 g/mol. The molecule has 2 aromatic carbocycles. The zero-order valence-electron chi connectivity index (χ0n) is 15.8. The van der Waals surface area contributed by atoms with E-state index >= 15 is 0 Å². The Labute approximate surface area is 163 Å². The van der Waals surface area contributed by atoms with Crippen LogP contribution in [0.3, 0.4) is 0 Å². The fourth-order valence-corrected chi connectivity index (χ4v) is 3.36. The van der Waals surface area contributed by atoms with E-state index in [0.29, 0.717) is 0 Å². The molecule has 146 valence electrons. The first-order chi connectivity index (χ1) is 13.3. The molecule has 0 spiro atoms. The molecule has 0 saturated carbocycles. The fraction of sp³-hybridized carbons (Fsp3) is 0.211. The van der Waals surface area contributed by atoms with Crippen LogP contribution in [0.2, 0.25) is 0 Å². The number of benzene rings is 2. The van der Waals surface area contributed by atoms with Gasteiger partial charge in [0.2, 0.25) is 10.0 Å². The highest BCUT2D eigenvalue weighted by Gasteiger charge is 2.17. The summed E-state index contributed by atoms with van der Waals surface area (Å²) in [6, 6.07) is 14.1. The van der Waals surface area contributed by atoms with E-state index in [1.807, 2.05) is 31.2 Å². The van der Waals surface area contributed by atoms with Crippen LogP contribution in [0.5, 0.6) is 0 Å². The van der Waals surface area contributed by atoms with Crippen LogP contribution in [0, 0.1) is 6.92 Å². The van der Waals surface area contributed by atoms with Crippen molar-refractivity contribution in [2.24, 2.45) is 0 Å². The van der Waals surface area contributed by atoms with E-state index in [4.69, 9.17) is 0 Å². The standard InChI is InChI=1S/C19H21N5O3S/c1-14-4-8-16(9-5-14)24-13-18(21-22-24)19(25)20-12-15-6-10-17(11-7-15)28(26,27)23(2)3/h4-11,13H,12H2,1-3H3,(H,20,25). The number of hydrogen-bond donors (Lipinski definition) is 1. The average molecular weight is 399 g/mol. The predicted molar refractivity (Wildman–Crippen MR) is 105 cm³/mol. The molecule has 0 unspecified atom stereocenters. The predicted octanol–water partition coefficient (Wildman–Crippen LogP) is 1.76. The van der Waals surface area contributed by atoms with E-state index in [9.17, 15) is 13.2 Å². The lowest BCUT2D eigenvalue weighted by molar-refractivity contribution is 0.0946. The molecule has 0 bridgehead atoms. The lowest BCUT2D eigenvalue weighted by atomic mass is 10.2. The fourth-order valence-electron chi connectivity index (χ4n) is 2.45. The van der Waals surface area contributed by atoms with Crippen molar-refractivity contribution in [2.75, 3.05) is 14.1 Å². The van der Waals surface area contributed by atoms with Crippen LogP contribution in [0.15, 0.2) is 59.6 Å². The summed E-state index contributed by atoms with van der Waals surface area (Å²) in [6.07, 6.45) is 1.56. The molecule has 1 N–H and O–H groups in total. The molecule has 3 rings (SSSR count). The summed E-state index contributed by atoms with van der Waals surface area (Å²) in [5.74, 6) is -0.358. The number of amides is 1. The molecule has 3 aromatic rings. The second-order valence-corrected chi connectivity index (χ2v) is 8.65. The molecule has 0 saturated heterocycles. The lowest BCUT2D eigenvalue weighted by Crippen LogP contribution is -2.24. The minimum atomic E-state index is -3.47. The Morgan fingerprint density at radius 2 is 1.71 bits per heavy atom. The first-order valence-corrected chi connectivity index (χ1v) is 10.0. The van der Waals surface area contributed by atoms with Crippen molar-refractivity contribution in [3.63, 3.8) is 0 Å². The van der Waals surface area contributed by atoms with Crippen LogP contribution in [0.25, 0.3) is 5.69 Å². The molecule has 1 aromatic heterocycles. The number of nitrogens with one attached hydrogen (secondary N) is 1. The largest absolute Gasteiger partial charge is 0.347 e. The Kier molecular flexibility index (Phi) is 5.57. The van der Waals surface area contributed by atoms with E-state index in [1.54, 1.807) is 18.3 Å². The first-order valence-electron chi connectivity index (χ1n) is 8.56. The second kappa shape index (κ2) is 7.91. The zero-order valence-corrected chi connectivity index (χ0v) is 16.6. The van der Waals surface area contributed by atoms with Crippen LogP contribution in [0.1, 0.15) is 21.6 Å². The highest BCUT2D eigenvalue weighted by molar-refractivity contribution is 7.89. The number of nitrogens with zero attached hydrogens (tertiary/aromatic N) is 4. The molecular formula is C19H21N5O3S. The third-order valence-electron chi connectivity index (χ3n) is 4.18. The number of aryl methyl sites for hydroxylation is 1. The number of rotatable bonds is 6. The number of aromatic nitrogens is 3. The Morgan fingerprint density at radius 3 is 2.32 bits per heavy atom. The molecule has 0 fully saturated rings. The molecule has 0 aliphatic carbocycles. The number of hydrogen-bond acceptors (Lipinski definition) is 5. The molecular weight excluding hydrogens is 378 g/mol. The van der Waals surface area contributed by atoms with E-state index in [2.05, 4.69) is 15.6 Å². The van der Waals surface area contributed by atoms with Crippen molar-refractivity contribution in [2.45, 2.75) is 18.4 Å². The summed E-state index contributed by atoms with van der Waals surface area (Å²) in [5.41, 5.74) is 2.92. The van der Waals surface area contributed by atoms with Gasteiger partial charge < -0.3 is 5.32 Å². The zero-order chi connectivity index (χ0) is 20.3. The minimum absolute atomic E-state index is 0.201. The Morgan fingerprint density at radius 1 is 1.07 bits per heavy atom. The smallest absolute Gasteiger partial charge is 0.273 e. The number of carbonyl (C=O) groups is 1. The molecule has 0 aliphatic heterocycles. The molecule has 0 radical (unpaired) electrons. The molecule has 8 nitrogen and oxygen atoms in total. The van der Waals surface area contributed by atoms with Crippen LogP contribution >= 0.6 is 0 Å². The van der Waals surface area contributed by atoms with E-state index in [0.717, 1.165) is 21.1 Å². The molecule has 1 amide bonds. The number of carbonyl (C=O) groups excluding carboxylic acids is 1. The Balaban J connectivity index is 1.64. The Hall–Kier alpha value is -3.04. The summed E-state index contributed by atoms with van der Waals surface area (Å²) in [5, 5.41) is 10.6. The van der Waals surface area contributed by atoms with Gasteiger partial charge in [-0.25, -0.2) is 17.4 Å². The topological polar surface area (TPSA) is 97.2 Å². The van der Waals surface area contributed by atoms with Gasteiger partial charge in [-0.15, -0.1) is 5.10 Å². The lowest BCUT2D eigenvalue weighted by Gasteiger charge is -2.11. The molecule has 1 heterocycles. The van der Waals surface area contributed by atoms with Crippen LogP contribution in [-0.2, 0) is 16.6 Å². The molecule has 28 heavy (non-hydrogen) atoms. The van der Waals surface area contributed by atoms with Gasteiger partial charge in [0.05, 0.1) is 16.8 Å². The maximum atomic E-state index is 12.3. The maximum absolute atomic E-state index is 12.3. The Bertz CT molecular complexity index is 1070. The van der Waals surface area contributed by atoms with E-state index in [-0.39, 0.29) is 23.0 Å². The van der Waals surface area contributed by atoms with Gasteiger partial charge in [0.25, 0.3) is 5.91 Å². The second-order valence-electron chi connectivity index (χ2n) is 6.50. The van der Waals surface area contributed by atoms with Crippen molar-refractivity contribution in [3.8, 4) is 5.69 Å². The SMILES string of the molecule is Cc1ccc(-n2cc(C(=O)NCc3ccc(S(=O)(=O)N(C)C)cc3)nn2)cc1. The van der Waals surface area contributed by atoms with Crippen molar-refractivity contribution < 1.29 is 13.2 Å². The van der Waals surface area contributed by atoms with Crippen molar-refractivity contribution in [3.05, 3.63) is 71.5 Å². The normalized spacial score (nSPS) is 11.6. The van der Waals surface area contributed by atoms with Crippen molar-refractivity contribution in [1.29, 1.82) is 0 Å². The van der Waals surface area contributed by atoms with Crippen LogP contribution in [-0.4, -0.2) is 47.7 Å². The van der Waals surface area contributed by atoms with Crippen molar-refractivity contribution >= 4 is 15.9 Å². The summed E-state index contributed by atoms with van der Waals surface area (Å²) in [4.78, 5) is 12.5. The van der Waals surface area contributed by atoms with Crippen LogP contribution in [0.4, 0.5) is 0 Å². The van der Waals surface area contributed by atoms with Gasteiger partial charge >= 0.3 is 0 Å². The quantitative estimate of drug-likeness (QED) is 0.681. The molecule has 9 heteroatoms. The van der Waals surface area contributed by atoms with Gasteiger partial charge in [-0.1, -0.05) is 35.0 Å². The van der Waals surface area contributed by atoms with Gasteiger partial charge in [0, 0.05) is 20.6 Å². The third kappa shape index (κ3) is 4.26. The minimum Gasteiger partial charge on any atom is -0.347 e. The van der Waals surface area contributed by atoms with Crippen molar-refractivity contribution in [1.82, 2.24) is 24.6 Å². The van der Waals surface area contributed by atoms with Gasteiger partial charge in [0.15, 0.2) is 5.69 Å². The highest BCUT2D eigenvalue weighted by atomic mass is 32.2. The van der Waals surface area contributed by atoms with Crippen LogP contribution < -0.4 is 5.32 Å². The number of sulfonamides is 1. The first kappa shape index (κ1) is 19.7. The molecule has 0 aliphatic rings. The summed E-state index contributed by atoms with van der Waals surface area (Å²) in [6.45, 7) is 2.24. The average Bonchev–Trinajstić information content (AvgIpc) is 3.17. The third-order valence-corrected chi connectivity index (χ3v) is 6.01. The summed E-state index contributed by atoms with van der Waals surface area (Å²) < 4.78 is 26.8. The maximum Gasteiger partial charge on any atom is 0.273 e. The molecule has 0 atom stereocenters.